The fourth-order valence-corrected chi connectivity index (χ4v) is 1.85. The first-order valence-corrected chi connectivity index (χ1v) is 5.86. The Bertz CT molecular complexity index is 509. The summed E-state index contributed by atoms with van der Waals surface area (Å²) in [5.74, 6) is 0.547. The van der Waals surface area contributed by atoms with Crippen molar-refractivity contribution in [3.05, 3.63) is 59.7 Å². The van der Waals surface area contributed by atoms with E-state index in [4.69, 9.17) is 0 Å². The van der Waals surface area contributed by atoms with Gasteiger partial charge in [0, 0.05) is 5.56 Å². The highest BCUT2D eigenvalue weighted by atomic mass is 16.1. The van der Waals surface area contributed by atoms with Crippen molar-refractivity contribution in [2.75, 3.05) is 0 Å². The summed E-state index contributed by atoms with van der Waals surface area (Å²) < 4.78 is 0. The molecule has 2 aromatic carbocycles. The lowest BCUT2D eigenvalue weighted by Crippen LogP contribution is -1.87. The van der Waals surface area contributed by atoms with Crippen LogP contribution >= 0.6 is 0 Å². The number of carbonyl (C=O) groups excluding carboxylic acids is 1. The zero-order valence-electron chi connectivity index (χ0n) is 10.2. The van der Waals surface area contributed by atoms with Gasteiger partial charge in [-0.1, -0.05) is 56.3 Å². The quantitative estimate of drug-likeness (QED) is 0.711. The van der Waals surface area contributed by atoms with Gasteiger partial charge in [-0.3, -0.25) is 4.79 Å². The van der Waals surface area contributed by atoms with Crippen molar-refractivity contribution in [2.45, 2.75) is 19.8 Å². The molecule has 1 heteroatoms. The summed E-state index contributed by atoms with van der Waals surface area (Å²) in [6, 6.07) is 16.2. The second-order valence-corrected chi connectivity index (χ2v) is 4.52. The molecule has 0 saturated carbocycles. The van der Waals surface area contributed by atoms with Crippen LogP contribution in [0, 0.1) is 0 Å². The van der Waals surface area contributed by atoms with E-state index >= 15 is 0 Å². The summed E-state index contributed by atoms with van der Waals surface area (Å²) in [6.07, 6.45) is 0.881. The normalized spacial score (nSPS) is 10.5. The van der Waals surface area contributed by atoms with Gasteiger partial charge in [0.15, 0.2) is 0 Å². The van der Waals surface area contributed by atoms with Crippen molar-refractivity contribution in [1.29, 1.82) is 0 Å². The molecule has 0 radical (unpaired) electrons. The lowest BCUT2D eigenvalue weighted by Gasteiger charge is -2.07. The molecule has 0 heterocycles. The third kappa shape index (κ3) is 2.62. The number of hydrogen-bond acceptors (Lipinski definition) is 1. The second-order valence-electron chi connectivity index (χ2n) is 4.52. The standard InChI is InChI=1S/C16H16O/c1-12(2)14-6-8-15(9-7-14)16-5-3-4-13(10-16)11-17/h3-12H,1-2H3. The minimum Gasteiger partial charge on any atom is -0.298 e. The zero-order valence-corrected chi connectivity index (χ0v) is 10.2. The summed E-state index contributed by atoms with van der Waals surface area (Å²) >= 11 is 0. The Kier molecular flexibility index (Phi) is 3.38. The molecule has 0 aliphatic rings. The minimum atomic E-state index is 0.547. The van der Waals surface area contributed by atoms with Crippen molar-refractivity contribution in [2.24, 2.45) is 0 Å². The molecule has 2 aromatic rings. The lowest BCUT2D eigenvalue weighted by atomic mass is 9.98. The van der Waals surface area contributed by atoms with Gasteiger partial charge in [0.25, 0.3) is 0 Å². The van der Waals surface area contributed by atoms with Crippen LogP contribution in [0.3, 0.4) is 0 Å². The van der Waals surface area contributed by atoms with Crippen LogP contribution in [0.4, 0.5) is 0 Å². The fraction of sp³-hybridized carbons (Fsp3) is 0.188. The maximum absolute atomic E-state index is 10.7. The smallest absolute Gasteiger partial charge is 0.150 e. The fourth-order valence-electron chi connectivity index (χ4n) is 1.85. The van der Waals surface area contributed by atoms with E-state index in [0.29, 0.717) is 5.92 Å². The highest BCUT2D eigenvalue weighted by molar-refractivity contribution is 5.78. The molecule has 0 spiro atoms. The predicted octanol–water partition coefficient (Wildman–Crippen LogP) is 4.29. The van der Waals surface area contributed by atoms with Crippen LogP contribution < -0.4 is 0 Å². The first kappa shape index (κ1) is 11.6. The first-order valence-electron chi connectivity index (χ1n) is 5.86. The Balaban J connectivity index is 2.36. The molecule has 0 atom stereocenters. The molecule has 0 aliphatic heterocycles. The molecule has 17 heavy (non-hydrogen) atoms. The minimum absolute atomic E-state index is 0.547. The highest BCUT2D eigenvalue weighted by Crippen LogP contribution is 2.23. The molecule has 0 saturated heterocycles. The number of carbonyl (C=O) groups is 1. The molecule has 1 nitrogen and oxygen atoms in total. The number of rotatable bonds is 3. The van der Waals surface area contributed by atoms with Gasteiger partial charge in [0.2, 0.25) is 0 Å². The molecular weight excluding hydrogens is 208 g/mol. The highest BCUT2D eigenvalue weighted by Gasteiger charge is 2.01. The second kappa shape index (κ2) is 4.96. The van der Waals surface area contributed by atoms with Gasteiger partial charge in [-0.25, -0.2) is 0 Å². The number of benzene rings is 2. The van der Waals surface area contributed by atoms with Crippen LogP contribution in [-0.4, -0.2) is 6.29 Å². The van der Waals surface area contributed by atoms with Gasteiger partial charge >= 0.3 is 0 Å². The Labute approximate surface area is 102 Å². The average molecular weight is 224 g/mol. The average Bonchev–Trinajstić information content (AvgIpc) is 2.39. The van der Waals surface area contributed by atoms with E-state index in [1.165, 1.54) is 5.56 Å². The van der Waals surface area contributed by atoms with E-state index in [9.17, 15) is 4.79 Å². The van der Waals surface area contributed by atoms with E-state index in [2.05, 4.69) is 38.1 Å². The molecule has 2 rings (SSSR count). The van der Waals surface area contributed by atoms with Crippen LogP contribution in [0.15, 0.2) is 48.5 Å². The Morgan fingerprint density at radius 3 is 2.24 bits per heavy atom. The van der Waals surface area contributed by atoms with Gasteiger partial charge < -0.3 is 0 Å². The van der Waals surface area contributed by atoms with Crippen LogP contribution in [0.5, 0.6) is 0 Å². The Morgan fingerprint density at radius 2 is 1.65 bits per heavy atom. The Morgan fingerprint density at radius 1 is 0.941 bits per heavy atom. The summed E-state index contributed by atoms with van der Waals surface area (Å²) in [7, 11) is 0. The van der Waals surface area contributed by atoms with Crippen molar-refractivity contribution >= 4 is 6.29 Å². The molecule has 0 N–H and O–H groups in total. The number of hydrogen-bond donors (Lipinski definition) is 0. The van der Waals surface area contributed by atoms with Crippen molar-refractivity contribution < 1.29 is 4.79 Å². The Hall–Kier alpha value is -1.89. The monoisotopic (exact) mass is 224 g/mol. The van der Waals surface area contributed by atoms with Crippen LogP contribution in [-0.2, 0) is 0 Å². The lowest BCUT2D eigenvalue weighted by molar-refractivity contribution is 0.112. The van der Waals surface area contributed by atoms with E-state index in [1.807, 2.05) is 24.3 Å². The largest absolute Gasteiger partial charge is 0.298 e. The van der Waals surface area contributed by atoms with Gasteiger partial charge in [0.05, 0.1) is 0 Å². The first-order chi connectivity index (χ1) is 8.20. The molecule has 86 valence electrons. The summed E-state index contributed by atoms with van der Waals surface area (Å²) in [5.41, 5.74) is 4.29. The van der Waals surface area contributed by atoms with E-state index in [1.54, 1.807) is 0 Å². The summed E-state index contributed by atoms with van der Waals surface area (Å²) in [4.78, 5) is 10.7. The van der Waals surface area contributed by atoms with Gasteiger partial charge in [-0.2, -0.15) is 0 Å². The van der Waals surface area contributed by atoms with Crippen molar-refractivity contribution in [3.63, 3.8) is 0 Å². The van der Waals surface area contributed by atoms with Gasteiger partial charge in [0.1, 0.15) is 6.29 Å². The SMILES string of the molecule is CC(C)c1ccc(-c2cccc(C=O)c2)cc1. The molecule has 0 amide bonds. The third-order valence-electron chi connectivity index (χ3n) is 2.93. The van der Waals surface area contributed by atoms with Crippen LogP contribution in [0.25, 0.3) is 11.1 Å². The van der Waals surface area contributed by atoms with Gasteiger partial charge in [-0.15, -0.1) is 0 Å². The van der Waals surface area contributed by atoms with E-state index in [0.717, 1.165) is 23.0 Å². The maximum Gasteiger partial charge on any atom is 0.150 e. The summed E-state index contributed by atoms with van der Waals surface area (Å²) in [5, 5.41) is 0. The molecule has 0 bridgehead atoms. The molecule has 0 aliphatic carbocycles. The summed E-state index contributed by atoms with van der Waals surface area (Å²) in [6.45, 7) is 4.37. The van der Waals surface area contributed by atoms with Gasteiger partial charge in [-0.05, 0) is 28.7 Å². The molecular formula is C16H16O. The third-order valence-corrected chi connectivity index (χ3v) is 2.93. The zero-order chi connectivity index (χ0) is 12.3. The van der Waals surface area contributed by atoms with E-state index < -0.39 is 0 Å². The topological polar surface area (TPSA) is 17.1 Å². The van der Waals surface area contributed by atoms with Crippen molar-refractivity contribution in [1.82, 2.24) is 0 Å². The van der Waals surface area contributed by atoms with Crippen LogP contribution in [0.2, 0.25) is 0 Å². The molecule has 0 fully saturated rings. The predicted molar refractivity (Wildman–Crippen MR) is 71.4 cm³/mol. The van der Waals surface area contributed by atoms with Crippen LogP contribution in [0.1, 0.15) is 35.7 Å². The van der Waals surface area contributed by atoms with E-state index in [-0.39, 0.29) is 0 Å². The molecule has 0 unspecified atom stereocenters. The van der Waals surface area contributed by atoms with Crippen molar-refractivity contribution in [3.8, 4) is 11.1 Å². The maximum atomic E-state index is 10.7. The molecule has 0 aromatic heterocycles. The number of aldehydes is 1.